The van der Waals surface area contributed by atoms with Gasteiger partial charge in [0.1, 0.15) is 5.75 Å². The molecule has 0 N–H and O–H groups in total. The van der Waals surface area contributed by atoms with Gasteiger partial charge in [-0.15, -0.1) is 0 Å². The Morgan fingerprint density at radius 2 is 2.00 bits per heavy atom. The highest BCUT2D eigenvalue weighted by atomic mass is 35.5. The molecule has 0 bridgehead atoms. The summed E-state index contributed by atoms with van der Waals surface area (Å²) in [4.78, 5) is 23.4. The topological polar surface area (TPSA) is 52.6 Å². The Bertz CT molecular complexity index is 485. The number of halogens is 1. The second kappa shape index (κ2) is 7.90. The van der Waals surface area contributed by atoms with E-state index in [4.69, 9.17) is 21.1 Å². The second-order valence-corrected chi connectivity index (χ2v) is 4.78. The Hall–Kier alpha value is -1.55. The van der Waals surface area contributed by atoms with E-state index in [2.05, 4.69) is 0 Å². The van der Waals surface area contributed by atoms with Crippen LogP contribution in [0, 0.1) is 0 Å². The van der Waals surface area contributed by atoms with Gasteiger partial charge < -0.3 is 9.47 Å². The molecule has 1 unspecified atom stereocenters. The van der Waals surface area contributed by atoms with Gasteiger partial charge in [-0.25, -0.2) is 4.79 Å². The normalized spacial score (nSPS) is 11.8. The Kier molecular flexibility index (Phi) is 6.52. The molecule has 0 aromatic heterocycles. The molecule has 0 spiro atoms. The lowest BCUT2D eigenvalue weighted by Gasteiger charge is -2.18. The molecule has 1 aromatic carbocycles. The highest BCUT2D eigenvalue weighted by molar-refractivity contribution is 6.31. The van der Waals surface area contributed by atoms with Crippen molar-refractivity contribution in [3.8, 4) is 5.75 Å². The highest BCUT2D eigenvalue weighted by Gasteiger charge is 2.22. The zero-order chi connectivity index (χ0) is 15.1. The number of carbonyl (C=O) groups excluding carboxylic acids is 2. The first-order valence-electron chi connectivity index (χ1n) is 6.63. The van der Waals surface area contributed by atoms with Crippen LogP contribution in [-0.4, -0.2) is 24.5 Å². The number of rotatable bonds is 7. The molecule has 5 heteroatoms. The molecule has 1 rings (SSSR count). The number of esters is 1. The molecule has 0 aliphatic carbocycles. The first-order valence-corrected chi connectivity index (χ1v) is 7.01. The highest BCUT2D eigenvalue weighted by Crippen LogP contribution is 2.25. The third-order valence-corrected chi connectivity index (χ3v) is 2.93. The van der Waals surface area contributed by atoms with Crippen molar-refractivity contribution in [3.63, 3.8) is 0 Å². The van der Waals surface area contributed by atoms with Crippen LogP contribution in [0.5, 0.6) is 5.75 Å². The van der Waals surface area contributed by atoms with Gasteiger partial charge in [0.05, 0.1) is 12.2 Å². The van der Waals surface area contributed by atoms with Crippen molar-refractivity contribution in [3.05, 3.63) is 28.8 Å². The molecule has 0 aliphatic rings. The lowest BCUT2D eigenvalue weighted by atomic mass is 10.1. The van der Waals surface area contributed by atoms with Crippen molar-refractivity contribution in [1.82, 2.24) is 0 Å². The molecule has 110 valence electrons. The average Bonchev–Trinajstić information content (AvgIpc) is 2.40. The Balaban J connectivity index is 2.98. The summed E-state index contributed by atoms with van der Waals surface area (Å²) < 4.78 is 10.6. The van der Waals surface area contributed by atoms with Crippen LogP contribution in [0.15, 0.2) is 18.2 Å². The van der Waals surface area contributed by atoms with E-state index < -0.39 is 12.1 Å². The van der Waals surface area contributed by atoms with Crippen LogP contribution in [0.3, 0.4) is 0 Å². The van der Waals surface area contributed by atoms with E-state index in [0.29, 0.717) is 29.4 Å². The first kappa shape index (κ1) is 16.5. The van der Waals surface area contributed by atoms with Gasteiger partial charge in [-0.1, -0.05) is 24.9 Å². The molecule has 1 atom stereocenters. The number of benzene rings is 1. The summed E-state index contributed by atoms with van der Waals surface area (Å²) >= 11 is 5.87. The molecule has 0 fully saturated rings. The molecule has 0 heterocycles. The summed E-state index contributed by atoms with van der Waals surface area (Å²) in [5.41, 5.74) is 0.364. The predicted molar refractivity (Wildman–Crippen MR) is 77.4 cm³/mol. The molecule has 1 aromatic rings. The molecule has 0 saturated heterocycles. The summed E-state index contributed by atoms with van der Waals surface area (Å²) in [5.74, 6) is -0.228. The smallest absolute Gasteiger partial charge is 0.347 e. The standard InChI is InChI=1S/C15H19ClO4/c1-4-6-14(15(18)19-5-2)20-13-8-7-11(16)9-12(13)10(3)17/h7-9,14H,4-6H2,1-3H3. The summed E-state index contributed by atoms with van der Waals surface area (Å²) in [6, 6.07) is 4.76. The molecular weight excluding hydrogens is 280 g/mol. The van der Waals surface area contributed by atoms with Crippen LogP contribution in [-0.2, 0) is 9.53 Å². The minimum atomic E-state index is -0.709. The molecule has 0 amide bonds. The van der Waals surface area contributed by atoms with E-state index >= 15 is 0 Å². The van der Waals surface area contributed by atoms with E-state index in [1.807, 2.05) is 6.92 Å². The summed E-state index contributed by atoms with van der Waals surface area (Å²) in [6.45, 7) is 5.41. The summed E-state index contributed by atoms with van der Waals surface area (Å²) in [6.07, 6.45) is 0.588. The van der Waals surface area contributed by atoms with E-state index in [1.165, 1.54) is 13.0 Å². The Morgan fingerprint density at radius 3 is 2.55 bits per heavy atom. The fraction of sp³-hybridized carbons (Fsp3) is 0.467. The number of ketones is 1. The minimum Gasteiger partial charge on any atom is -0.478 e. The van der Waals surface area contributed by atoms with Crippen molar-refractivity contribution in [2.45, 2.75) is 39.7 Å². The largest absolute Gasteiger partial charge is 0.478 e. The maximum Gasteiger partial charge on any atom is 0.347 e. The zero-order valence-electron chi connectivity index (χ0n) is 11.9. The van der Waals surface area contributed by atoms with Crippen LogP contribution in [0.25, 0.3) is 0 Å². The third kappa shape index (κ3) is 4.53. The summed E-state index contributed by atoms with van der Waals surface area (Å²) in [5, 5.41) is 0.450. The van der Waals surface area contributed by atoms with Gasteiger partial charge in [0.15, 0.2) is 11.9 Å². The minimum absolute atomic E-state index is 0.165. The molecule has 0 radical (unpaired) electrons. The van der Waals surface area contributed by atoms with Crippen LogP contribution >= 0.6 is 11.6 Å². The molecule has 0 aliphatic heterocycles. The number of hydrogen-bond acceptors (Lipinski definition) is 4. The second-order valence-electron chi connectivity index (χ2n) is 4.34. The number of hydrogen-bond donors (Lipinski definition) is 0. The average molecular weight is 299 g/mol. The van der Waals surface area contributed by atoms with Crippen LogP contribution in [0.2, 0.25) is 5.02 Å². The van der Waals surface area contributed by atoms with E-state index in [-0.39, 0.29) is 5.78 Å². The van der Waals surface area contributed by atoms with Gasteiger partial charge >= 0.3 is 5.97 Å². The van der Waals surface area contributed by atoms with Crippen LogP contribution in [0.1, 0.15) is 44.0 Å². The van der Waals surface area contributed by atoms with Crippen molar-refractivity contribution < 1.29 is 19.1 Å². The predicted octanol–water partition coefficient (Wildman–Crippen LogP) is 3.65. The van der Waals surface area contributed by atoms with Crippen molar-refractivity contribution in [1.29, 1.82) is 0 Å². The molecule has 0 saturated carbocycles. The Morgan fingerprint density at radius 1 is 1.30 bits per heavy atom. The van der Waals surface area contributed by atoms with Crippen LogP contribution < -0.4 is 4.74 Å². The van der Waals surface area contributed by atoms with Crippen molar-refractivity contribution in [2.24, 2.45) is 0 Å². The van der Waals surface area contributed by atoms with Gasteiger partial charge in [-0.3, -0.25) is 4.79 Å². The number of ether oxygens (including phenoxy) is 2. The van der Waals surface area contributed by atoms with Gasteiger partial charge in [0.25, 0.3) is 0 Å². The van der Waals surface area contributed by atoms with Gasteiger partial charge in [0, 0.05) is 5.02 Å². The quantitative estimate of drug-likeness (QED) is 0.569. The fourth-order valence-electron chi connectivity index (χ4n) is 1.76. The SMILES string of the molecule is CCCC(Oc1ccc(Cl)cc1C(C)=O)C(=O)OCC. The van der Waals surface area contributed by atoms with E-state index in [9.17, 15) is 9.59 Å². The van der Waals surface area contributed by atoms with Gasteiger partial charge in [-0.2, -0.15) is 0 Å². The maximum absolute atomic E-state index is 11.8. The van der Waals surface area contributed by atoms with Gasteiger partial charge in [0.2, 0.25) is 0 Å². The lowest BCUT2D eigenvalue weighted by molar-refractivity contribution is -0.151. The third-order valence-electron chi connectivity index (χ3n) is 2.69. The summed E-state index contributed by atoms with van der Waals surface area (Å²) in [7, 11) is 0. The molecular formula is C15H19ClO4. The zero-order valence-corrected chi connectivity index (χ0v) is 12.7. The number of Topliss-reactive ketones (excluding diaryl/α,β-unsaturated/α-hetero) is 1. The molecule has 4 nitrogen and oxygen atoms in total. The van der Waals surface area contributed by atoms with E-state index in [0.717, 1.165) is 6.42 Å². The van der Waals surface area contributed by atoms with Crippen molar-refractivity contribution >= 4 is 23.4 Å². The van der Waals surface area contributed by atoms with E-state index in [1.54, 1.807) is 19.1 Å². The Labute approximate surface area is 124 Å². The monoisotopic (exact) mass is 298 g/mol. The first-order chi connectivity index (χ1) is 9.49. The molecule has 20 heavy (non-hydrogen) atoms. The number of carbonyl (C=O) groups is 2. The van der Waals surface area contributed by atoms with Crippen LogP contribution in [0.4, 0.5) is 0 Å². The maximum atomic E-state index is 11.8. The fourth-order valence-corrected chi connectivity index (χ4v) is 1.93. The lowest BCUT2D eigenvalue weighted by Crippen LogP contribution is -2.29. The van der Waals surface area contributed by atoms with Crippen molar-refractivity contribution in [2.75, 3.05) is 6.61 Å². The van der Waals surface area contributed by atoms with Gasteiger partial charge in [-0.05, 0) is 38.5 Å².